The van der Waals surface area contributed by atoms with Gasteiger partial charge in [-0.1, -0.05) is 35.9 Å². The summed E-state index contributed by atoms with van der Waals surface area (Å²) in [5, 5.41) is 22.2. The highest BCUT2D eigenvalue weighted by atomic mass is 35.5. The van der Waals surface area contributed by atoms with Gasteiger partial charge in [0.15, 0.2) is 0 Å². The van der Waals surface area contributed by atoms with E-state index in [1.54, 1.807) is 0 Å². The Bertz CT molecular complexity index is 1650. The summed E-state index contributed by atoms with van der Waals surface area (Å²) in [7, 11) is 2.12. The highest BCUT2D eigenvalue weighted by molar-refractivity contribution is 6.36. The normalized spacial score (nSPS) is 24.4. The fourth-order valence-electron chi connectivity index (χ4n) is 7.36. The number of ether oxygens (including phenoxy) is 1. The van der Waals surface area contributed by atoms with Gasteiger partial charge in [-0.05, 0) is 62.4 Å². The van der Waals surface area contributed by atoms with E-state index in [1.807, 2.05) is 12.1 Å². The summed E-state index contributed by atoms with van der Waals surface area (Å²) >= 11 is 6.70. The van der Waals surface area contributed by atoms with Crippen molar-refractivity contribution in [2.75, 3.05) is 49.6 Å². The first-order valence-electron chi connectivity index (χ1n) is 14.9. The molecule has 3 saturated heterocycles. The summed E-state index contributed by atoms with van der Waals surface area (Å²) in [5.41, 5.74) is 3.92. The Balaban J connectivity index is 1.25. The number of likely N-dealkylation sites (tertiary alicyclic amines) is 1. The van der Waals surface area contributed by atoms with Crippen molar-refractivity contribution in [2.24, 2.45) is 0 Å². The molecule has 0 aliphatic carbocycles. The van der Waals surface area contributed by atoms with Crippen LogP contribution in [0.1, 0.15) is 30.5 Å². The Kier molecular flexibility index (Phi) is 7.23. The number of nitrogens with zero attached hydrogens (tertiary/aromatic N) is 7. The Labute approximate surface area is 255 Å². The number of fused-ring (bicyclic) bond motifs is 4. The smallest absolute Gasteiger partial charge is 0.408 e. The first-order valence-corrected chi connectivity index (χ1v) is 15.3. The molecule has 3 unspecified atom stereocenters. The number of benzene rings is 2. The molecule has 222 valence electrons. The average molecular weight is 600 g/mol. The molecule has 1 N–H and O–H groups in total. The van der Waals surface area contributed by atoms with Gasteiger partial charge in [0.25, 0.3) is 0 Å². The molecule has 5 heterocycles. The summed E-state index contributed by atoms with van der Waals surface area (Å²) in [5.74, 6) is 0.814. The summed E-state index contributed by atoms with van der Waals surface area (Å²) in [6, 6.07) is 14.4. The molecular formula is C32H34ClN7O3. The van der Waals surface area contributed by atoms with Crippen molar-refractivity contribution in [3.8, 4) is 12.1 Å². The number of rotatable bonds is 5. The van der Waals surface area contributed by atoms with Crippen LogP contribution in [0.15, 0.2) is 48.0 Å². The zero-order valence-electron chi connectivity index (χ0n) is 24.1. The Morgan fingerprint density at radius 1 is 1.19 bits per heavy atom. The van der Waals surface area contributed by atoms with Crippen LogP contribution in [0.2, 0.25) is 5.02 Å². The molecule has 11 heteroatoms. The second kappa shape index (κ2) is 11.2. The van der Waals surface area contributed by atoms with E-state index in [0.717, 1.165) is 76.5 Å². The van der Waals surface area contributed by atoms with E-state index in [2.05, 4.69) is 52.1 Å². The molecular weight excluding hydrogens is 566 g/mol. The SMILES string of the molecule is CN1CCCC1COc1nc2c(c(N3CC4CC(=CC#N)C(C3)N4C(=O)O)n1)CCN(c1cccc3cccc(Cl)c13)C2. The van der Waals surface area contributed by atoms with E-state index in [1.165, 1.54) is 11.0 Å². The minimum Gasteiger partial charge on any atom is -0.465 e. The number of hydrogen-bond acceptors (Lipinski definition) is 8. The zero-order valence-corrected chi connectivity index (χ0v) is 24.9. The maximum absolute atomic E-state index is 12.2. The van der Waals surface area contributed by atoms with Crippen LogP contribution in [0, 0.1) is 11.3 Å². The predicted octanol–water partition coefficient (Wildman–Crippen LogP) is 4.71. The van der Waals surface area contributed by atoms with Gasteiger partial charge < -0.3 is 24.5 Å². The lowest BCUT2D eigenvalue weighted by atomic mass is 10.0. The number of allylic oxidation sites excluding steroid dienone is 1. The third-order valence-electron chi connectivity index (χ3n) is 9.49. The largest absolute Gasteiger partial charge is 0.465 e. The van der Waals surface area contributed by atoms with E-state index >= 15 is 0 Å². The lowest BCUT2D eigenvalue weighted by Crippen LogP contribution is -2.56. The van der Waals surface area contributed by atoms with Gasteiger partial charge in [0.2, 0.25) is 0 Å². The number of carbonyl (C=O) groups is 1. The van der Waals surface area contributed by atoms with Crippen molar-refractivity contribution >= 4 is 40.0 Å². The van der Waals surface area contributed by atoms with E-state index < -0.39 is 6.09 Å². The number of halogens is 1. The molecule has 4 aliphatic rings. The quantitative estimate of drug-likeness (QED) is 0.417. The lowest BCUT2D eigenvalue weighted by molar-refractivity contribution is 0.117. The Morgan fingerprint density at radius 2 is 2.02 bits per heavy atom. The number of nitriles is 1. The Hall–Kier alpha value is -4.07. The topological polar surface area (TPSA) is 109 Å². The fraction of sp³-hybridized carbons (Fsp3) is 0.438. The molecule has 3 atom stereocenters. The van der Waals surface area contributed by atoms with Gasteiger partial charge in [-0.25, -0.2) is 4.79 Å². The maximum atomic E-state index is 12.2. The molecule has 0 radical (unpaired) electrons. The van der Waals surface area contributed by atoms with Crippen LogP contribution < -0.4 is 14.5 Å². The third-order valence-corrected chi connectivity index (χ3v) is 9.81. The summed E-state index contributed by atoms with van der Waals surface area (Å²) in [4.78, 5) is 30.4. The number of amides is 1. The molecule has 4 aliphatic heterocycles. The molecule has 3 aromatic rings. The number of likely N-dealkylation sites (N-methyl/N-ethyl adjacent to an activating group) is 1. The van der Waals surface area contributed by atoms with Gasteiger partial charge >= 0.3 is 12.1 Å². The first kappa shape index (κ1) is 27.7. The standard InChI is InChI=1S/C32H34ClN7O3/c1-37-13-4-7-22(37)19-43-31-35-26-17-38(27-9-3-6-20-5-2-8-25(33)29(20)27)14-11-24(26)30(36-31)39-16-23-15-21(10-12-34)28(18-39)40(23)32(41)42/h2-3,5-6,8-10,22-23,28H,4,7,11,13-19H2,1H3,(H,41,42). The van der Waals surface area contributed by atoms with Crippen LogP contribution in [-0.2, 0) is 13.0 Å². The highest BCUT2D eigenvalue weighted by Crippen LogP contribution is 2.40. The molecule has 1 amide bonds. The zero-order chi connectivity index (χ0) is 29.7. The van der Waals surface area contributed by atoms with E-state index in [-0.39, 0.29) is 12.1 Å². The van der Waals surface area contributed by atoms with E-state index in [9.17, 15) is 15.2 Å². The number of anilines is 2. The third kappa shape index (κ3) is 5.00. The molecule has 10 nitrogen and oxygen atoms in total. The van der Waals surface area contributed by atoms with E-state index in [0.29, 0.717) is 44.7 Å². The summed E-state index contributed by atoms with van der Waals surface area (Å²) in [6.07, 6.45) is 4.08. The molecule has 0 saturated carbocycles. The monoisotopic (exact) mass is 599 g/mol. The minimum atomic E-state index is -0.949. The Morgan fingerprint density at radius 3 is 2.79 bits per heavy atom. The second-order valence-electron chi connectivity index (χ2n) is 11.9. The van der Waals surface area contributed by atoms with Crippen molar-refractivity contribution in [1.29, 1.82) is 5.26 Å². The average Bonchev–Trinajstić information content (AvgIpc) is 3.52. The van der Waals surface area contributed by atoms with Crippen molar-refractivity contribution in [3.63, 3.8) is 0 Å². The van der Waals surface area contributed by atoms with Crippen molar-refractivity contribution in [1.82, 2.24) is 19.8 Å². The van der Waals surface area contributed by atoms with Crippen LogP contribution in [-0.4, -0.2) is 88.9 Å². The van der Waals surface area contributed by atoms with Crippen molar-refractivity contribution < 1.29 is 14.6 Å². The number of carboxylic acid groups (broad SMARTS) is 1. The second-order valence-corrected chi connectivity index (χ2v) is 12.4. The molecule has 2 aromatic carbocycles. The van der Waals surface area contributed by atoms with Crippen molar-refractivity contribution in [2.45, 2.75) is 50.4 Å². The molecule has 43 heavy (non-hydrogen) atoms. The number of hydrogen-bond donors (Lipinski definition) is 1. The van der Waals surface area contributed by atoms with Crippen molar-refractivity contribution in [3.05, 3.63) is 64.3 Å². The van der Waals surface area contributed by atoms with Crippen LogP contribution in [0.25, 0.3) is 10.8 Å². The molecule has 1 aromatic heterocycles. The van der Waals surface area contributed by atoms with E-state index in [4.69, 9.17) is 26.3 Å². The highest BCUT2D eigenvalue weighted by Gasteiger charge is 2.46. The van der Waals surface area contributed by atoms with Gasteiger partial charge in [-0.2, -0.15) is 15.2 Å². The molecule has 3 fully saturated rings. The predicted molar refractivity (Wildman–Crippen MR) is 165 cm³/mol. The van der Waals surface area contributed by atoms with Crippen LogP contribution >= 0.6 is 11.6 Å². The van der Waals surface area contributed by atoms with Crippen LogP contribution in [0.3, 0.4) is 0 Å². The van der Waals surface area contributed by atoms with Gasteiger partial charge in [-0.3, -0.25) is 4.90 Å². The fourth-order valence-corrected chi connectivity index (χ4v) is 7.63. The number of aromatic nitrogens is 2. The molecule has 7 rings (SSSR count). The molecule has 2 bridgehead atoms. The lowest BCUT2D eigenvalue weighted by Gasteiger charge is -2.41. The summed E-state index contributed by atoms with van der Waals surface area (Å²) < 4.78 is 6.29. The van der Waals surface area contributed by atoms with Gasteiger partial charge in [0.1, 0.15) is 12.4 Å². The first-order chi connectivity index (χ1) is 20.9. The summed E-state index contributed by atoms with van der Waals surface area (Å²) in [6.45, 7) is 3.86. The van der Waals surface area contributed by atoms with Gasteiger partial charge in [0, 0.05) is 48.4 Å². The van der Waals surface area contributed by atoms with Crippen LogP contribution in [0.4, 0.5) is 16.3 Å². The molecule has 0 spiro atoms. The van der Waals surface area contributed by atoms with Gasteiger partial charge in [0.05, 0.1) is 35.4 Å². The van der Waals surface area contributed by atoms with Gasteiger partial charge in [-0.15, -0.1) is 0 Å². The minimum absolute atomic E-state index is 0.240. The van der Waals surface area contributed by atoms with Crippen LogP contribution in [0.5, 0.6) is 6.01 Å². The maximum Gasteiger partial charge on any atom is 0.408 e. The number of piperazine rings is 1.